The third-order valence-electron chi connectivity index (χ3n) is 0. The summed E-state index contributed by atoms with van der Waals surface area (Å²) in [6.45, 7) is 2.57. The van der Waals surface area contributed by atoms with Crippen LogP contribution in [0.3, 0.4) is 0 Å². The number of hydrogen-bond acceptors (Lipinski definition) is 1. The zero-order chi connectivity index (χ0) is 4.71. The maximum absolute atomic E-state index is 9.93. The van der Waals surface area contributed by atoms with Crippen LogP contribution in [0, 0.1) is 41.9 Å². The summed E-state index contributed by atoms with van der Waals surface area (Å²) in [5.41, 5.74) is 0. The molecule has 0 bridgehead atoms. The van der Waals surface area contributed by atoms with E-state index in [-0.39, 0.29) is 55.9 Å². The molecule has 7 heavy (non-hydrogen) atoms. The number of rotatable bonds is 0. The Morgan fingerprint density at radius 3 is 1.71 bits per heavy atom. The molecule has 0 aliphatic heterocycles. The van der Waals surface area contributed by atoms with Crippen LogP contribution in [0.25, 0.3) is 0 Å². The molecule has 0 aromatic carbocycles. The molecule has 1 nitrogen and oxygen atoms in total. The summed E-state index contributed by atoms with van der Waals surface area (Å²) in [7, 11) is 0. The molecule has 33 valence electrons. The Kier molecular flexibility index (Phi) is 138. The van der Waals surface area contributed by atoms with E-state index in [0.29, 0.717) is 24.7 Å². The molecule has 0 amide bonds. The van der Waals surface area contributed by atoms with E-state index < -0.39 is 0 Å². The molecule has 0 aromatic rings. The van der Waals surface area contributed by atoms with Gasteiger partial charge in [-0.05, 0) is 0 Å². The van der Waals surface area contributed by atoms with Crippen LogP contribution in [0.5, 0.6) is 0 Å². The van der Waals surface area contributed by atoms with Gasteiger partial charge >= 0.3 is 46.4 Å². The van der Waals surface area contributed by atoms with Gasteiger partial charge in [0.2, 0.25) is 0 Å². The van der Waals surface area contributed by atoms with Crippen molar-refractivity contribution in [3.63, 3.8) is 0 Å². The van der Waals surface area contributed by atoms with E-state index in [0.717, 1.165) is 6.33 Å². The van der Waals surface area contributed by atoms with Crippen LogP contribution in [-0.2, 0) is 27.5 Å². The fourth-order valence-electron chi connectivity index (χ4n) is 0. The minimum atomic E-state index is 0. The van der Waals surface area contributed by atoms with Gasteiger partial charge in [0.05, 0.1) is 0 Å². The SMILES string of the molecule is C=[C-]F.[H-].[La].[Li+].[O]=[Zr]. The molecular weight excluding hydrogens is 296 g/mol. The average molecular weight is 299 g/mol. The summed E-state index contributed by atoms with van der Waals surface area (Å²) in [4.78, 5) is 0. The predicted octanol–water partition coefficient (Wildman–Crippen LogP) is -2.10. The predicted molar refractivity (Wildman–Crippen MR) is 11.8 cm³/mol. The van der Waals surface area contributed by atoms with Crippen molar-refractivity contribution in [3.05, 3.63) is 12.9 Å². The Balaban J connectivity index is -0.00000000567. The van der Waals surface area contributed by atoms with Gasteiger partial charge < -0.3 is 12.1 Å². The van der Waals surface area contributed by atoms with E-state index in [4.69, 9.17) is 2.81 Å². The fraction of sp³-hybridized carbons (Fsp3) is 0. The van der Waals surface area contributed by atoms with E-state index >= 15 is 0 Å². The van der Waals surface area contributed by atoms with E-state index in [1.807, 2.05) is 0 Å². The first-order valence-corrected chi connectivity index (χ1v) is 1.75. The van der Waals surface area contributed by atoms with Crippen molar-refractivity contribution in [3.8, 4) is 0 Å². The molecule has 1 radical (unpaired) electrons. The Morgan fingerprint density at radius 2 is 1.71 bits per heavy atom. The molecular formula is C2H3FLaLiOZr-. The molecule has 0 saturated heterocycles. The van der Waals surface area contributed by atoms with Crippen molar-refractivity contribution in [1.82, 2.24) is 0 Å². The van der Waals surface area contributed by atoms with E-state index in [2.05, 4.69) is 6.58 Å². The van der Waals surface area contributed by atoms with Crippen molar-refractivity contribution in [1.29, 1.82) is 0 Å². The van der Waals surface area contributed by atoms with E-state index in [1.54, 1.807) is 0 Å². The molecule has 0 spiro atoms. The molecule has 0 heterocycles. The van der Waals surface area contributed by atoms with Crippen molar-refractivity contribution in [2.75, 3.05) is 0 Å². The number of hydrogen-bond donors (Lipinski definition) is 0. The van der Waals surface area contributed by atoms with Gasteiger partial charge in [0, 0.05) is 35.6 Å². The fourth-order valence-corrected chi connectivity index (χ4v) is 0. The second-order valence-electron chi connectivity index (χ2n) is 0.134. The first kappa shape index (κ1) is 22.9. The summed E-state index contributed by atoms with van der Waals surface area (Å²) in [5.74, 6) is 0. The Labute approximate surface area is 99.1 Å². The zero-order valence-corrected chi connectivity index (χ0v) is 10.2. The van der Waals surface area contributed by atoms with Crippen LogP contribution < -0.4 is 18.9 Å². The Bertz CT molecular complexity index is 36.0. The van der Waals surface area contributed by atoms with E-state index in [9.17, 15) is 4.39 Å². The molecule has 0 rings (SSSR count). The first-order chi connectivity index (χ1) is 2.41. The summed E-state index contributed by atoms with van der Waals surface area (Å²) < 4.78 is 18.3. The van der Waals surface area contributed by atoms with Gasteiger partial charge in [-0.15, -0.1) is 0 Å². The number of halogens is 1. The minimum absolute atomic E-state index is 0. The second kappa shape index (κ2) is 42.0. The Hall–Kier alpha value is 2.15. The summed E-state index contributed by atoms with van der Waals surface area (Å²) in [6.07, 6.45) is 1.00. The molecule has 0 unspecified atom stereocenters. The van der Waals surface area contributed by atoms with Gasteiger partial charge in [-0.25, -0.2) is 0 Å². The standard InChI is InChI=1S/C2H2F.La.Li.O.Zr.H/c1-2-3;;;;;/h1H2;;;;;/q-1;;+1;;;-1. The second-order valence-corrected chi connectivity index (χ2v) is 0.134. The van der Waals surface area contributed by atoms with Crippen LogP contribution in [0.4, 0.5) is 4.39 Å². The van der Waals surface area contributed by atoms with Crippen LogP contribution in [0.15, 0.2) is 6.58 Å². The van der Waals surface area contributed by atoms with Gasteiger partial charge in [0.15, 0.2) is 0 Å². The molecule has 0 fully saturated rings. The van der Waals surface area contributed by atoms with Gasteiger partial charge in [0.1, 0.15) is 0 Å². The van der Waals surface area contributed by atoms with Crippen LogP contribution in [-0.4, -0.2) is 0 Å². The van der Waals surface area contributed by atoms with Gasteiger partial charge in [0.25, 0.3) is 0 Å². The molecule has 0 aliphatic rings. The third kappa shape index (κ3) is 66.8. The zero-order valence-electron chi connectivity index (χ0n) is 5.07. The van der Waals surface area contributed by atoms with Gasteiger partial charge in [-0.3, -0.25) is 6.58 Å². The molecule has 5 heteroatoms. The van der Waals surface area contributed by atoms with Crippen molar-refractivity contribution in [2.24, 2.45) is 0 Å². The quantitative estimate of drug-likeness (QED) is 0.370. The summed E-state index contributed by atoms with van der Waals surface area (Å²) in [6, 6.07) is 0. The molecule has 0 atom stereocenters. The third-order valence-corrected chi connectivity index (χ3v) is 0. The molecule has 0 saturated carbocycles. The molecule has 0 N–H and O–H groups in total. The van der Waals surface area contributed by atoms with E-state index in [1.165, 1.54) is 0 Å². The van der Waals surface area contributed by atoms with Crippen LogP contribution in [0.1, 0.15) is 1.43 Å². The van der Waals surface area contributed by atoms with Gasteiger partial charge in [-0.2, -0.15) is 0 Å². The normalized spacial score (nSPS) is 2.29. The van der Waals surface area contributed by atoms with Crippen molar-refractivity contribution in [2.45, 2.75) is 0 Å². The topological polar surface area (TPSA) is 17.1 Å². The van der Waals surface area contributed by atoms with Gasteiger partial charge in [-0.1, -0.05) is 0 Å². The summed E-state index contributed by atoms with van der Waals surface area (Å²) >= 11 is 0.300. The molecule has 0 aromatic heterocycles. The average Bonchev–Trinajstić information content (AvgIpc) is 1.46. The maximum atomic E-state index is 9.93. The van der Waals surface area contributed by atoms with Crippen LogP contribution >= 0.6 is 0 Å². The first-order valence-electron chi connectivity index (χ1n) is 0.747. The summed E-state index contributed by atoms with van der Waals surface area (Å²) in [5, 5.41) is 0. The van der Waals surface area contributed by atoms with Crippen LogP contribution in [0.2, 0.25) is 0 Å². The Morgan fingerprint density at radius 1 is 1.71 bits per heavy atom. The molecule has 0 aliphatic carbocycles. The monoisotopic (exact) mass is 298 g/mol. The van der Waals surface area contributed by atoms with Crippen molar-refractivity contribution < 1.29 is 87.8 Å². The van der Waals surface area contributed by atoms with Crippen molar-refractivity contribution >= 4 is 0 Å².